The Bertz CT molecular complexity index is 285. The number of nitrogens with zero attached hydrogens (tertiary/aromatic N) is 3. The summed E-state index contributed by atoms with van der Waals surface area (Å²) in [6.07, 6.45) is 5.44. The van der Waals surface area contributed by atoms with Crippen molar-refractivity contribution in [2.45, 2.75) is 37.8 Å². The van der Waals surface area contributed by atoms with E-state index >= 15 is 0 Å². The standard InChI is InChI=1S/C8H14N4O/c9-8-5-12(11-10-8)6-3-1-2-4-7(6)13/h5-7,13H,1-4,9H2. The molecule has 1 aliphatic rings. The molecule has 0 aromatic carbocycles. The van der Waals surface area contributed by atoms with Gasteiger partial charge in [-0.05, 0) is 12.8 Å². The number of hydrogen-bond donors (Lipinski definition) is 2. The Morgan fingerprint density at radius 1 is 1.46 bits per heavy atom. The van der Waals surface area contributed by atoms with Gasteiger partial charge in [-0.1, -0.05) is 18.1 Å². The zero-order chi connectivity index (χ0) is 9.26. The quantitative estimate of drug-likeness (QED) is 0.656. The summed E-state index contributed by atoms with van der Waals surface area (Å²) in [5.41, 5.74) is 5.45. The highest BCUT2D eigenvalue weighted by atomic mass is 16.3. The van der Waals surface area contributed by atoms with Crippen LogP contribution in [-0.4, -0.2) is 26.2 Å². The third kappa shape index (κ3) is 1.65. The number of hydrogen-bond acceptors (Lipinski definition) is 4. The first-order chi connectivity index (χ1) is 6.27. The van der Waals surface area contributed by atoms with Gasteiger partial charge in [0.1, 0.15) is 0 Å². The van der Waals surface area contributed by atoms with E-state index in [9.17, 15) is 5.11 Å². The van der Waals surface area contributed by atoms with Crippen molar-refractivity contribution in [1.82, 2.24) is 15.0 Å². The van der Waals surface area contributed by atoms with E-state index in [1.807, 2.05) is 0 Å². The largest absolute Gasteiger partial charge is 0.391 e. The molecule has 0 bridgehead atoms. The van der Waals surface area contributed by atoms with Crippen molar-refractivity contribution in [2.24, 2.45) is 0 Å². The van der Waals surface area contributed by atoms with Crippen LogP contribution < -0.4 is 5.73 Å². The maximum atomic E-state index is 9.70. The van der Waals surface area contributed by atoms with Gasteiger partial charge in [-0.3, -0.25) is 0 Å². The van der Waals surface area contributed by atoms with Crippen LogP contribution in [0.2, 0.25) is 0 Å². The average molecular weight is 182 g/mol. The molecule has 5 nitrogen and oxygen atoms in total. The van der Waals surface area contributed by atoms with E-state index in [0.717, 1.165) is 25.7 Å². The van der Waals surface area contributed by atoms with E-state index in [-0.39, 0.29) is 12.1 Å². The lowest BCUT2D eigenvalue weighted by molar-refractivity contribution is 0.0685. The number of rotatable bonds is 1. The van der Waals surface area contributed by atoms with Crippen molar-refractivity contribution in [1.29, 1.82) is 0 Å². The Labute approximate surface area is 76.5 Å². The number of aliphatic hydroxyl groups excluding tert-OH is 1. The first kappa shape index (κ1) is 8.50. The molecule has 72 valence electrons. The maximum absolute atomic E-state index is 9.70. The van der Waals surface area contributed by atoms with Gasteiger partial charge < -0.3 is 10.8 Å². The van der Waals surface area contributed by atoms with Gasteiger partial charge in [0.25, 0.3) is 0 Å². The Hall–Kier alpha value is -1.10. The van der Waals surface area contributed by atoms with Crippen molar-refractivity contribution in [3.63, 3.8) is 0 Å². The molecule has 1 aromatic rings. The van der Waals surface area contributed by atoms with Crippen molar-refractivity contribution < 1.29 is 5.11 Å². The molecule has 2 rings (SSSR count). The van der Waals surface area contributed by atoms with E-state index < -0.39 is 0 Å². The number of aromatic nitrogens is 3. The van der Waals surface area contributed by atoms with E-state index in [1.54, 1.807) is 10.9 Å². The van der Waals surface area contributed by atoms with Crippen LogP contribution in [0.4, 0.5) is 5.82 Å². The van der Waals surface area contributed by atoms with Crippen LogP contribution in [0.5, 0.6) is 0 Å². The molecule has 1 aliphatic carbocycles. The van der Waals surface area contributed by atoms with Gasteiger partial charge in [0.15, 0.2) is 5.82 Å². The van der Waals surface area contributed by atoms with Crippen LogP contribution in [0, 0.1) is 0 Å². The van der Waals surface area contributed by atoms with Gasteiger partial charge in [-0.2, -0.15) is 0 Å². The summed E-state index contributed by atoms with van der Waals surface area (Å²) in [5, 5.41) is 17.3. The summed E-state index contributed by atoms with van der Waals surface area (Å²) < 4.78 is 1.68. The summed E-state index contributed by atoms with van der Waals surface area (Å²) in [6.45, 7) is 0. The number of nitrogens with two attached hydrogens (primary N) is 1. The molecule has 0 radical (unpaired) electrons. The lowest BCUT2D eigenvalue weighted by Gasteiger charge is -2.26. The molecular weight excluding hydrogens is 168 g/mol. The van der Waals surface area contributed by atoms with Gasteiger partial charge in [0, 0.05) is 0 Å². The van der Waals surface area contributed by atoms with Crippen molar-refractivity contribution in [2.75, 3.05) is 5.73 Å². The molecule has 1 fully saturated rings. The molecule has 0 aliphatic heterocycles. The Morgan fingerprint density at radius 3 is 2.85 bits per heavy atom. The molecule has 5 heteroatoms. The minimum absolute atomic E-state index is 0.0681. The number of anilines is 1. The van der Waals surface area contributed by atoms with E-state index in [0.29, 0.717) is 5.82 Å². The van der Waals surface area contributed by atoms with Gasteiger partial charge in [0.2, 0.25) is 0 Å². The molecule has 1 heterocycles. The minimum atomic E-state index is -0.296. The summed E-state index contributed by atoms with van der Waals surface area (Å²) in [6, 6.07) is 0.0681. The summed E-state index contributed by atoms with van der Waals surface area (Å²) in [7, 11) is 0. The molecule has 0 amide bonds. The molecule has 2 unspecified atom stereocenters. The van der Waals surface area contributed by atoms with Gasteiger partial charge in [-0.25, -0.2) is 4.68 Å². The normalized spacial score (nSPS) is 29.0. The molecule has 2 atom stereocenters. The van der Waals surface area contributed by atoms with Crippen LogP contribution in [0.3, 0.4) is 0 Å². The fourth-order valence-electron chi connectivity index (χ4n) is 1.85. The molecule has 0 spiro atoms. The second kappa shape index (κ2) is 3.33. The third-order valence-corrected chi connectivity index (χ3v) is 2.56. The summed E-state index contributed by atoms with van der Waals surface area (Å²) in [4.78, 5) is 0. The van der Waals surface area contributed by atoms with Gasteiger partial charge in [-0.15, -0.1) is 5.10 Å². The van der Waals surface area contributed by atoms with Crippen molar-refractivity contribution in [3.05, 3.63) is 6.20 Å². The van der Waals surface area contributed by atoms with Gasteiger partial charge >= 0.3 is 0 Å². The fourth-order valence-corrected chi connectivity index (χ4v) is 1.85. The topological polar surface area (TPSA) is 77.0 Å². The Kier molecular flexibility index (Phi) is 2.18. The van der Waals surface area contributed by atoms with Crippen LogP contribution in [0.1, 0.15) is 31.7 Å². The number of nitrogen functional groups attached to an aromatic ring is 1. The predicted molar refractivity (Wildman–Crippen MR) is 47.9 cm³/mol. The van der Waals surface area contributed by atoms with Crippen LogP contribution in [0.25, 0.3) is 0 Å². The smallest absolute Gasteiger partial charge is 0.165 e. The monoisotopic (exact) mass is 182 g/mol. The molecule has 1 saturated carbocycles. The summed E-state index contributed by atoms with van der Waals surface area (Å²) >= 11 is 0. The first-order valence-corrected chi connectivity index (χ1v) is 4.63. The highest BCUT2D eigenvalue weighted by Gasteiger charge is 2.25. The van der Waals surface area contributed by atoms with Crippen molar-refractivity contribution in [3.8, 4) is 0 Å². The molecule has 13 heavy (non-hydrogen) atoms. The third-order valence-electron chi connectivity index (χ3n) is 2.56. The first-order valence-electron chi connectivity index (χ1n) is 4.63. The maximum Gasteiger partial charge on any atom is 0.165 e. The lowest BCUT2D eigenvalue weighted by Crippen LogP contribution is -2.27. The Balaban J connectivity index is 2.14. The SMILES string of the molecule is Nc1cn(C2CCCCC2O)nn1. The lowest BCUT2D eigenvalue weighted by atomic mass is 9.93. The Morgan fingerprint density at radius 2 is 2.23 bits per heavy atom. The second-order valence-corrected chi connectivity index (χ2v) is 3.54. The highest BCUT2D eigenvalue weighted by molar-refractivity contribution is 5.20. The van der Waals surface area contributed by atoms with Crippen LogP contribution in [-0.2, 0) is 0 Å². The molecular formula is C8H14N4O. The van der Waals surface area contributed by atoms with E-state index in [2.05, 4.69) is 10.3 Å². The van der Waals surface area contributed by atoms with Gasteiger partial charge in [0.05, 0.1) is 18.3 Å². The van der Waals surface area contributed by atoms with E-state index in [4.69, 9.17) is 5.73 Å². The molecule has 0 saturated heterocycles. The fraction of sp³-hybridized carbons (Fsp3) is 0.750. The molecule has 3 N–H and O–H groups in total. The number of aliphatic hydroxyl groups is 1. The molecule has 1 aromatic heterocycles. The van der Waals surface area contributed by atoms with Crippen molar-refractivity contribution >= 4 is 5.82 Å². The van der Waals surface area contributed by atoms with E-state index in [1.165, 1.54) is 0 Å². The predicted octanol–water partition coefficient (Wildman–Crippen LogP) is 0.336. The second-order valence-electron chi connectivity index (χ2n) is 3.54. The minimum Gasteiger partial charge on any atom is -0.391 e. The van der Waals surface area contributed by atoms with Crippen LogP contribution in [0.15, 0.2) is 6.20 Å². The summed E-state index contributed by atoms with van der Waals surface area (Å²) in [5.74, 6) is 0.415. The zero-order valence-corrected chi connectivity index (χ0v) is 7.43. The van der Waals surface area contributed by atoms with Crippen LogP contribution >= 0.6 is 0 Å². The average Bonchev–Trinajstić information content (AvgIpc) is 2.53. The highest BCUT2D eigenvalue weighted by Crippen LogP contribution is 2.27. The zero-order valence-electron chi connectivity index (χ0n) is 7.43.